The first-order chi connectivity index (χ1) is 18.4. The topological polar surface area (TPSA) is 146 Å². The fraction of sp³-hybridized carbons (Fsp3) is 0.536. The Morgan fingerprint density at radius 3 is 2.62 bits per heavy atom. The minimum absolute atomic E-state index is 0.164. The molecule has 0 radical (unpaired) electrons. The smallest absolute Gasteiger partial charge is 0.352 e. The largest absolute Gasteiger partial charge is 0.480 e. The lowest BCUT2D eigenvalue weighted by Gasteiger charge is -2.61. The van der Waals surface area contributed by atoms with Gasteiger partial charge < -0.3 is 29.0 Å². The van der Waals surface area contributed by atoms with Crippen LogP contribution in [0.25, 0.3) is 0 Å². The highest BCUT2D eigenvalue weighted by Gasteiger charge is 2.72. The average molecular weight is 542 g/mol. The van der Waals surface area contributed by atoms with E-state index in [1.165, 1.54) is 13.8 Å². The first kappa shape index (κ1) is 27.0. The Hall–Kier alpha value is -3.57. The lowest BCUT2D eigenvalue weighted by Crippen LogP contribution is -2.74. The summed E-state index contributed by atoms with van der Waals surface area (Å²) in [6, 6.07) is 3.39. The van der Waals surface area contributed by atoms with Crippen molar-refractivity contribution < 1.29 is 48.0 Å². The van der Waals surface area contributed by atoms with E-state index in [9.17, 15) is 29.1 Å². The molecule has 1 N–H and O–H groups in total. The van der Waals surface area contributed by atoms with Crippen LogP contribution < -0.4 is 4.74 Å². The molecule has 2 bridgehead atoms. The summed E-state index contributed by atoms with van der Waals surface area (Å²) in [6.45, 7) is 4.29. The van der Waals surface area contributed by atoms with Gasteiger partial charge in [0.15, 0.2) is 18.5 Å². The van der Waals surface area contributed by atoms with Gasteiger partial charge in [-0.2, -0.15) is 0 Å². The van der Waals surface area contributed by atoms with E-state index in [-0.39, 0.29) is 18.2 Å². The molecule has 2 aliphatic heterocycles. The number of likely N-dealkylation sites (tertiary alicyclic amines) is 1. The van der Waals surface area contributed by atoms with Crippen LogP contribution in [0, 0.1) is 0 Å². The van der Waals surface area contributed by atoms with Gasteiger partial charge in [-0.05, 0) is 58.0 Å². The highest BCUT2D eigenvalue weighted by atomic mass is 16.6. The van der Waals surface area contributed by atoms with Crippen molar-refractivity contribution in [2.45, 2.75) is 81.8 Å². The molecule has 2 aliphatic carbocycles. The van der Waals surface area contributed by atoms with Crippen molar-refractivity contribution in [1.82, 2.24) is 4.90 Å². The van der Waals surface area contributed by atoms with E-state index in [2.05, 4.69) is 4.90 Å². The molecule has 2 heterocycles. The van der Waals surface area contributed by atoms with Crippen LogP contribution in [0.1, 0.15) is 61.5 Å². The van der Waals surface area contributed by atoms with E-state index in [4.69, 9.17) is 18.9 Å². The van der Waals surface area contributed by atoms with Gasteiger partial charge in [-0.3, -0.25) is 14.4 Å². The molecule has 1 aromatic carbocycles. The van der Waals surface area contributed by atoms with E-state index in [0.29, 0.717) is 37.0 Å². The van der Waals surface area contributed by atoms with Crippen LogP contribution in [-0.4, -0.2) is 83.5 Å². The Morgan fingerprint density at radius 2 is 1.95 bits per heavy atom. The van der Waals surface area contributed by atoms with Crippen LogP contribution in [0.5, 0.6) is 5.75 Å². The summed E-state index contributed by atoms with van der Waals surface area (Å²) in [5, 5.41) is 12.2. The minimum atomic E-state index is -1.48. The number of aldehydes is 1. The quantitative estimate of drug-likeness (QED) is 0.287. The molecule has 1 fully saturated rings. The normalized spacial score (nSPS) is 29.6. The molecule has 1 aromatic rings. The molecule has 0 unspecified atom stereocenters. The number of ether oxygens (including phenoxy) is 4. The van der Waals surface area contributed by atoms with Crippen molar-refractivity contribution in [1.29, 1.82) is 0 Å². The van der Waals surface area contributed by atoms with Crippen LogP contribution >= 0.6 is 0 Å². The molecular formula is C28H31NO10. The second-order valence-electron chi connectivity index (χ2n) is 10.8. The van der Waals surface area contributed by atoms with E-state index < -0.39 is 59.4 Å². The van der Waals surface area contributed by atoms with Gasteiger partial charge >= 0.3 is 17.9 Å². The second kappa shape index (κ2) is 9.56. The zero-order chi connectivity index (χ0) is 28.3. The molecule has 5 rings (SSSR count). The Bertz CT molecular complexity index is 1290. The summed E-state index contributed by atoms with van der Waals surface area (Å²) >= 11 is 0. The first-order valence-corrected chi connectivity index (χ1v) is 12.9. The molecule has 0 amide bonds. The number of carbonyl (C=O) groups excluding carboxylic acids is 5. The van der Waals surface area contributed by atoms with Gasteiger partial charge in [0.25, 0.3) is 0 Å². The third kappa shape index (κ3) is 4.06. The van der Waals surface area contributed by atoms with Crippen LogP contribution in [0.4, 0.5) is 0 Å². The maximum absolute atomic E-state index is 13.1. The number of hydrogen-bond donors (Lipinski definition) is 1. The number of hydrogen-bond acceptors (Lipinski definition) is 11. The molecule has 11 heteroatoms. The fourth-order valence-corrected chi connectivity index (χ4v) is 6.70. The van der Waals surface area contributed by atoms with Crippen LogP contribution in [0.3, 0.4) is 0 Å². The maximum Gasteiger partial charge on any atom is 0.352 e. The lowest BCUT2D eigenvalue weighted by molar-refractivity contribution is -0.180. The average Bonchev–Trinajstić information content (AvgIpc) is 3.22. The predicted molar refractivity (Wildman–Crippen MR) is 133 cm³/mol. The summed E-state index contributed by atoms with van der Waals surface area (Å²) in [6.07, 6.45) is -0.525. The van der Waals surface area contributed by atoms with Crippen LogP contribution in [0.15, 0.2) is 24.0 Å². The monoisotopic (exact) mass is 541 g/mol. The molecular weight excluding hydrogens is 510 g/mol. The molecule has 4 aliphatic rings. The standard InChI is InChI=1S/C28H31NO10/c1-14(31)11-20(37-16(3)32)26(34)36-15(2)25(33)38-19-7-8-28(35)21-12-17-5-6-18(13-30)23-22(17)27(28,24(19)39-23)9-10-29(21)4/h5-7,13,15,20-21,24,35H,8-12H2,1-4H3/t15-,20-,21+,24-,27-,28+/m0/s1. The molecule has 11 nitrogen and oxygen atoms in total. The van der Waals surface area contributed by atoms with Crippen molar-refractivity contribution in [2.75, 3.05) is 13.6 Å². The van der Waals surface area contributed by atoms with Crippen molar-refractivity contribution in [3.05, 3.63) is 40.7 Å². The zero-order valence-corrected chi connectivity index (χ0v) is 22.2. The van der Waals surface area contributed by atoms with Gasteiger partial charge in [-0.25, -0.2) is 9.59 Å². The number of piperidine rings is 1. The van der Waals surface area contributed by atoms with E-state index in [0.717, 1.165) is 18.1 Å². The molecule has 6 atom stereocenters. The van der Waals surface area contributed by atoms with Gasteiger partial charge in [0.1, 0.15) is 17.3 Å². The summed E-state index contributed by atoms with van der Waals surface area (Å²) in [5.41, 5.74) is -0.0253. The lowest BCUT2D eigenvalue weighted by atomic mass is 9.50. The summed E-state index contributed by atoms with van der Waals surface area (Å²) in [5.74, 6) is -2.57. The third-order valence-electron chi connectivity index (χ3n) is 8.42. The number of ketones is 1. The van der Waals surface area contributed by atoms with Gasteiger partial charge in [0, 0.05) is 24.9 Å². The van der Waals surface area contributed by atoms with Crippen molar-refractivity contribution in [2.24, 2.45) is 0 Å². The Labute approximate surface area is 225 Å². The Balaban J connectivity index is 1.42. The molecule has 0 aromatic heterocycles. The van der Waals surface area contributed by atoms with E-state index in [1.807, 2.05) is 13.1 Å². The summed E-state index contributed by atoms with van der Waals surface area (Å²) in [4.78, 5) is 62.5. The van der Waals surface area contributed by atoms with Crippen LogP contribution in [0.2, 0.25) is 0 Å². The molecule has 0 saturated carbocycles. The molecule has 1 saturated heterocycles. The number of rotatable bonds is 8. The molecule has 39 heavy (non-hydrogen) atoms. The summed E-state index contributed by atoms with van der Waals surface area (Å²) < 4.78 is 22.1. The number of esters is 3. The number of Topliss-reactive ketones (excluding diaryl/α,β-unsaturated/α-hetero) is 1. The zero-order valence-electron chi connectivity index (χ0n) is 22.2. The third-order valence-corrected chi connectivity index (χ3v) is 8.42. The molecule has 208 valence electrons. The van der Waals surface area contributed by atoms with Gasteiger partial charge in [0.2, 0.25) is 6.10 Å². The van der Waals surface area contributed by atoms with E-state index >= 15 is 0 Å². The highest BCUT2D eigenvalue weighted by Crippen LogP contribution is 2.64. The first-order valence-electron chi connectivity index (χ1n) is 12.9. The predicted octanol–water partition coefficient (Wildman–Crippen LogP) is 1.16. The number of nitrogens with zero attached hydrogens (tertiary/aromatic N) is 1. The van der Waals surface area contributed by atoms with Gasteiger partial charge in [-0.15, -0.1) is 0 Å². The van der Waals surface area contributed by atoms with Crippen molar-refractivity contribution in [3.8, 4) is 5.75 Å². The minimum Gasteiger partial charge on any atom is -0.480 e. The Morgan fingerprint density at radius 1 is 1.21 bits per heavy atom. The highest BCUT2D eigenvalue weighted by molar-refractivity contribution is 5.88. The summed E-state index contributed by atoms with van der Waals surface area (Å²) in [7, 11) is 1.97. The van der Waals surface area contributed by atoms with E-state index in [1.54, 1.807) is 12.1 Å². The maximum atomic E-state index is 13.1. The van der Waals surface area contributed by atoms with Crippen molar-refractivity contribution >= 4 is 30.0 Å². The fourth-order valence-electron chi connectivity index (χ4n) is 6.70. The number of benzene rings is 1. The SMILES string of the molecule is CC(=O)C[C@H](OC(C)=O)C(=O)O[C@@H](C)C(=O)OC1=CC[C@@]2(O)[C@H]3Cc4ccc(C=O)c5c4[C@@]2(CCN3C)[C@H]1O5. The number of likely N-dealkylation sites (N-methyl/N-ethyl adjacent to an activating group) is 1. The van der Waals surface area contributed by atoms with Crippen molar-refractivity contribution in [3.63, 3.8) is 0 Å². The molecule has 1 spiro atoms. The van der Waals surface area contributed by atoms with Gasteiger partial charge in [-0.1, -0.05) is 6.07 Å². The van der Waals surface area contributed by atoms with Gasteiger partial charge in [0.05, 0.1) is 23.0 Å². The Kier molecular flexibility index (Phi) is 6.62. The van der Waals surface area contributed by atoms with Crippen LogP contribution in [-0.2, 0) is 45.2 Å². The number of aliphatic hydroxyl groups is 1. The second-order valence-corrected chi connectivity index (χ2v) is 10.8. The number of carbonyl (C=O) groups is 5.